The standard InChI is InChI=1S/C17H19ClN2/c1-17(2,3)14-6-4-13(5-7-14)12-19-20-16-10-8-15(18)9-11-16/h4-12,20H,1-3H3/b19-12+. The van der Waals surface area contributed by atoms with Crippen molar-refractivity contribution in [2.75, 3.05) is 5.43 Å². The first-order valence-electron chi connectivity index (χ1n) is 6.60. The van der Waals surface area contributed by atoms with Crippen LogP contribution in [0.15, 0.2) is 53.6 Å². The van der Waals surface area contributed by atoms with E-state index in [1.54, 1.807) is 6.21 Å². The molecule has 2 rings (SSSR count). The minimum absolute atomic E-state index is 0.178. The van der Waals surface area contributed by atoms with Gasteiger partial charge in [0.15, 0.2) is 0 Å². The zero-order valence-corrected chi connectivity index (χ0v) is 12.8. The first kappa shape index (κ1) is 14.6. The predicted molar refractivity (Wildman–Crippen MR) is 87.8 cm³/mol. The fraction of sp³-hybridized carbons (Fsp3) is 0.235. The summed E-state index contributed by atoms with van der Waals surface area (Å²) >= 11 is 5.83. The molecule has 104 valence electrons. The molecule has 0 unspecified atom stereocenters. The maximum absolute atomic E-state index is 5.83. The Bertz CT molecular complexity index is 578. The van der Waals surface area contributed by atoms with E-state index in [4.69, 9.17) is 11.6 Å². The minimum atomic E-state index is 0.178. The van der Waals surface area contributed by atoms with E-state index >= 15 is 0 Å². The van der Waals surface area contributed by atoms with E-state index in [0.29, 0.717) is 0 Å². The van der Waals surface area contributed by atoms with Gasteiger partial charge in [0.05, 0.1) is 11.9 Å². The molecule has 0 spiro atoms. The van der Waals surface area contributed by atoms with E-state index in [9.17, 15) is 0 Å². The summed E-state index contributed by atoms with van der Waals surface area (Å²) in [6, 6.07) is 15.9. The zero-order valence-electron chi connectivity index (χ0n) is 12.0. The van der Waals surface area contributed by atoms with Gasteiger partial charge in [0.25, 0.3) is 0 Å². The third-order valence-corrected chi connectivity index (χ3v) is 3.28. The van der Waals surface area contributed by atoms with Crippen LogP contribution in [0.1, 0.15) is 31.9 Å². The van der Waals surface area contributed by atoms with Gasteiger partial charge in [-0.1, -0.05) is 56.6 Å². The third-order valence-electron chi connectivity index (χ3n) is 3.03. The fourth-order valence-corrected chi connectivity index (χ4v) is 1.90. The first-order valence-corrected chi connectivity index (χ1v) is 6.98. The van der Waals surface area contributed by atoms with Gasteiger partial charge in [0.1, 0.15) is 0 Å². The summed E-state index contributed by atoms with van der Waals surface area (Å²) in [7, 11) is 0. The smallest absolute Gasteiger partial charge is 0.0562 e. The lowest BCUT2D eigenvalue weighted by molar-refractivity contribution is 0.590. The highest BCUT2D eigenvalue weighted by Crippen LogP contribution is 2.21. The maximum Gasteiger partial charge on any atom is 0.0562 e. The Kier molecular flexibility index (Phi) is 4.46. The highest BCUT2D eigenvalue weighted by Gasteiger charge is 2.12. The molecule has 2 aromatic carbocycles. The minimum Gasteiger partial charge on any atom is -0.279 e. The lowest BCUT2D eigenvalue weighted by atomic mass is 9.87. The van der Waals surface area contributed by atoms with Crippen molar-refractivity contribution in [3.05, 3.63) is 64.7 Å². The molecule has 1 N–H and O–H groups in total. The first-order chi connectivity index (χ1) is 9.45. The highest BCUT2D eigenvalue weighted by atomic mass is 35.5. The second-order valence-corrected chi connectivity index (χ2v) is 6.19. The molecule has 0 aliphatic heterocycles. The van der Waals surface area contributed by atoms with Crippen LogP contribution < -0.4 is 5.43 Å². The number of hydrazone groups is 1. The number of nitrogens with zero attached hydrogens (tertiary/aromatic N) is 1. The summed E-state index contributed by atoms with van der Waals surface area (Å²) in [5.41, 5.74) is 6.46. The van der Waals surface area contributed by atoms with Crippen molar-refractivity contribution >= 4 is 23.5 Å². The van der Waals surface area contributed by atoms with E-state index in [1.165, 1.54) is 5.56 Å². The fourth-order valence-electron chi connectivity index (χ4n) is 1.77. The van der Waals surface area contributed by atoms with Gasteiger partial charge in [-0.15, -0.1) is 0 Å². The van der Waals surface area contributed by atoms with Gasteiger partial charge in [-0.2, -0.15) is 5.10 Å². The summed E-state index contributed by atoms with van der Waals surface area (Å²) < 4.78 is 0. The Hall–Kier alpha value is -1.80. The Morgan fingerprint density at radius 1 is 0.950 bits per heavy atom. The van der Waals surface area contributed by atoms with Crippen LogP contribution in [0.5, 0.6) is 0 Å². The van der Waals surface area contributed by atoms with E-state index in [-0.39, 0.29) is 5.41 Å². The van der Waals surface area contributed by atoms with Crippen LogP contribution in [-0.2, 0) is 5.41 Å². The quantitative estimate of drug-likeness (QED) is 0.617. The Morgan fingerprint density at radius 2 is 1.55 bits per heavy atom. The number of benzene rings is 2. The number of hydrogen-bond acceptors (Lipinski definition) is 2. The number of hydrogen-bond donors (Lipinski definition) is 1. The van der Waals surface area contributed by atoms with Crippen molar-refractivity contribution < 1.29 is 0 Å². The molecule has 0 aromatic heterocycles. The molecule has 0 atom stereocenters. The zero-order chi connectivity index (χ0) is 14.6. The summed E-state index contributed by atoms with van der Waals surface area (Å²) in [4.78, 5) is 0. The number of nitrogens with one attached hydrogen (secondary N) is 1. The van der Waals surface area contributed by atoms with E-state index in [2.05, 4.69) is 55.6 Å². The summed E-state index contributed by atoms with van der Waals surface area (Å²) in [6.45, 7) is 6.62. The summed E-state index contributed by atoms with van der Waals surface area (Å²) in [5, 5.41) is 4.94. The summed E-state index contributed by atoms with van der Waals surface area (Å²) in [5.74, 6) is 0. The SMILES string of the molecule is CC(C)(C)c1ccc(/C=N/Nc2ccc(Cl)cc2)cc1. The van der Waals surface area contributed by atoms with Crippen LogP contribution in [0.2, 0.25) is 5.02 Å². The highest BCUT2D eigenvalue weighted by molar-refractivity contribution is 6.30. The van der Waals surface area contributed by atoms with Crippen LogP contribution in [0.25, 0.3) is 0 Å². The molecule has 0 fully saturated rings. The molecule has 0 saturated carbocycles. The topological polar surface area (TPSA) is 24.4 Å². The van der Waals surface area contributed by atoms with Crippen LogP contribution in [0.3, 0.4) is 0 Å². The lowest BCUT2D eigenvalue weighted by Crippen LogP contribution is -2.10. The molecule has 3 heteroatoms. The molecule has 0 amide bonds. The molecule has 2 nitrogen and oxygen atoms in total. The molecule has 0 heterocycles. The van der Waals surface area contributed by atoms with Gasteiger partial charge in [0, 0.05) is 5.02 Å². The molecule has 2 aromatic rings. The van der Waals surface area contributed by atoms with Crippen LogP contribution in [-0.4, -0.2) is 6.21 Å². The predicted octanol–water partition coefficient (Wildman–Crippen LogP) is 5.08. The van der Waals surface area contributed by atoms with Crippen LogP contribution >= 0.6 is 11.6 Å². The van der Waals surface area contributed by atoms with E-state index in [1.807, 2.05) is 24.3 Å². The lowest BCUT2D eigenvalue weighted by Gasteiger charge is -2.18. The molecule has 0 aliphatic rings. The van der Waals surface area contributed by atoms with Crippen molar-refractivity contribution in [2.24, 2.45) is 5.10 Å². The second kappa shape index (κ2) is 6.10. The van der Waals surface area contributed by atoms with Gasteiger partial charge >= 0.3 is 0 Å². The molecule has 0 aliphatic carbocycles. The average molecular weight is 287 g/mol. The molecule has 0 saturated heterocycles. The van der Waals surface area contributed by atoms with E-state index < -0.39 is 0 Å². The van der Waals surface area contributed by atoms with Crippen molar-refractivity contribution in [3.8, 4) is 0 Å². The molecule has 0 bridgehead atoms. The van der Waals surface area contributed by atoms with Crippen molar-refractivity contribution in [1.82, 2.24) is 0 Å². The third kappa shape index (κ3) is 4.10. The van der Waals surface area contributed by atoms with Crippen molar-refractivity contribution in [1.29, 1.82) is 0 Å². The monoisotopic (exact) mass is 286 g/mol. The Morgan fingerprint density at radius 3 is 2.10 bits per heavy atom. The number of halogens is 1. The van der Waals surface area contributed by atoms with Crippen molar-refractivity contribution in [3.63, 3.8) is 0 Å². The molecular weight excluding hydrogens is 268 g/mol. The van der Waals surface area contributed by atoms with Crippen LogP contribution in [0.4, 0.5) is 5.69 Å². The number of anilines is 1. The molecule has 20 heavy (non-hydrogen) atoms. The van der Waals surface area contributed by atoms with Gasteiger partial charge in [-0.25, -0.2) is 0 Å². The van der Waals surface area contributed by atoms with Crippen molar-refractivity contribution in [2.45, 2.75) is 26.2 Å². The molecular formula is C17H19ClN2. The van der Waals surface area contributed by atoms with E-state index in [0.717, 1.165) is 16.3 Å². The maximum atomic E-state index is 5.83. The Balaban J connectivity index is 1.99. The average Bonchev–Trinajstić information content (AvgIpc) is 2.41. The Labute approximate surface area is 125 Å². The largest absolute Gasteiger partial charge is 0.279 e. The van der Waals surface area contributed by atoms with Gasteiger partial charge in [-0.05, 0) is 40.8 Å². The van der Waals surface area contributed by atoms with Gasteiger partial charge < -0.3 is 0 Å². The van der Waals surface area contributed by atoms with Gasteiger partial charge in [-0.3, -0.25) is 5.43 Å². The normalized spacial score (nSPS) is 11.8. The molecule has 0 radical (unpaired) electrons. The number of rotatable bonds is 3. The second-order valence-electron chi connectivity index (χ2n) is 5.75. The summed E-state index contributed by atoms with van der Waals surface area (Å²) in [6.07, 6.45) is 1.81. The van der Waals surface area contributed by atoms with Gasteiger partial charge in [0.2, 0.25) is 0 Å². The van der Waals surface area contributed by atoms with Crippen LogP contribution in [0, 0.1) is 0 Å².